The van der Waals surface area contributed by atoms with Gasteiger partial charge in [-0.2, -0.15) is 0 Å². The lowest BCUT2D eigenvalue weighted by Crippen LogP contribution is -2.78. The van der Waals surface area contributed by atoms with E-state index >= 15 is 0 Å². The fourth-order valence-corrected chi connectivity index (χ4v) is 8.89. The van der Waals surface area contributed by atoms with Gasteiger partial charge in [0.1, 0.15) is 0 Å². The molecule has 0 radical (unpaired) electrons. The van der Waals surface area contributed by atoms with Gasteiger partial charge < -0.3 is 34.6 Å². The molecular formula is C25H40O8. The third kappa shape index (κ3) is 3.01. The van der Waals surface area contributed by atoms with E-state index in [1.54, 1.807) is 6.92 Å². The number of rotatable bonds is 2. The normalized spacial score (nSPS) is 55.0. The van der Waals surface area contributed by atoms with Crippen LogP contribution in [0, 0.1) is 28.6 Å². The number of carbonyl (C=O) groups is 1. The lowest BCUT2D eigenvalue weighted by molar-refractivity contribution is -0.401. The Morgan fingerprint density at radius 1 is 1.09 bits per heavy atom. The van der Waals surface area contributed by atoms with Crippen LogP contribution in [0.2, 0.25) is 0 Å². The molecule has 10 atom stereocenters. The summed E-state index contributed by atoms with van der Waals surface area (Å²) in [4.78, 5) is 12.8. The standard InChI is InChI=1S/C25H40O8/c1-5-31-20(28)16-7-9-25(30)15-6-8-23(29)11-14(26)10-18-24(23,13-32-21(2,3)33-18)19(15)17(27)12-22(16,25)4/h14-19,26-27,29-30H,5-13H2,1-4H3/t14-,15-,16+,17-,18+,19-,22-,23+,24+,25+/m1/s1. The summed E-state index contributed by atoms with van der Waals surface area (Å²) in [5.41, 5.74) is -4.19. The first kappa shape index (κ1) is 23.9. The van der Waals surface area contributed by atoms with E-state index in [1.807, 2.05) is 20.8 Å². The van der Waals surface area contributed by atoms with Crippen molar-refractivity contribution >= 4 is 5.97 Å². The van der Waals surface area contributed by atoms with Crippen molar-refractivity contribution in [2.75, 3.05) is 13.2 Å². The Balaban J connectivity index is 1.58. The third-order valence-electron chi connectivity index (χ3n) is 10.3. The summed E-state index contributed by atoms with van der Waals surface area (Å²) >= 11 is 0. The highest BCUT2D eigenvalue weighted by molar-refractivity contribution is 5.74. The topological polar surface area (TPSA) is 126 Å². The summed E-state index contributed by atoms with van der Waals surface area (Å²) in [6.45, 7) is 7.81. The second-order valence-corrected chi connectivity index (χ2v) is 12.1. The van der Waals surface area contributed by atoms with Crippen LogP contribution in [0.25, 0.3) is 0 Å². The molecule has 5 fully saturated rings. The lowest BCUT2D eigenvalue weighted by atomic mass is 9.40. The minimum absolute atomic E-state index is 0.195. The number of carbonyl (C=O) groups excluding carboxylic acids is 1. The summed E-state index contributed by atoms with van der Waals surface area (Å²) < 4.78 is 17.8. The van der Waals surface area contributed by atoms with Crippen LogP contribution in [0.5, 0.6) is 0 Å². The zero-order valence-corrected chi connectivity index (χ0v) is 20.2. The van der Waals surface area contributed by atoms with Crippen LogP contribution in [0.3, 0.4) is 0 Å². The molecular weight excluding hydrogens is 428 g/mol. The van der Waals surface area contributed by atoms with E-state index in [0.29, 0.717) is 32.1 Å². The smallest absolute Gasteiger partial charge is 0.309 e. The minimum atomic E-state index is -1.27. The number of hydrogen-bond donors (Lipinski definition) is 4. The molecule has 4 N–H and O–H groups in total. The quantitative estimate of drug-likeness (QED) is 0.450. The van der Waals surface area contributed by atoms with E-state index in [2.05, 4.69) is 0 Å². The van der Waals surface area contributed by atoms with Crippen LogP contribution in [-0.4, -0.2) is 74.9 Å². The molecule has 4 saturated carbocycles. The Labute approximate surface area is 195 Å². The SMILES string of the molecule is CCOC(=O)[C@@H]1CC[C@]2(O)[C@@H]3CC[C@]4(O)C[C@H](O)C[C@@H]5OC(C)(C)OC[C@@]54[C@H]3[C@H](O)C[C@]12C. The summed E-state index contributed by atoms with van der Waals surface area (Å²) in [6.07, 6.45) is 0.587. The molecule has 4 aliphatic carbocycles. The summed E-state index contributed by atoms with van der Waals surface area (Å²) in [5.74, 6) is -2.44. The van der Waals surface area contributed by atoms with Crippen molar-refractivity contribution in [2.45, 2.75) is 108 Å². The van der Waals surface area contributed by atoms with Gasteiger partial charge in [0.05, 0.1) is 54.1 Å². The number of ether oxygens (including phenoxy) is 3. The second kappa shape index (κ2) is 7.37. The van der Waals surface area contributed by atoms with Crippen molar-refractivity contribution < 1.29 is 39.4 Å². The highest BCUT2D eigenvalue weighted by atomic mass is 16.7. The molecule has 5 aliphatic rings. The molecule has 33 heavy (non-hydrogen) atoms. The van der Waals surface area contributed by atoms with E-state index in [4.69, 9.17) is 14.2 Å². The molecule has 188 valence electrons. The maximum absolute atomic E-state index is 12.8. The van der Waals surface area contributed by atoms with Crippen LogP contribution >= 0.6 is 0 Å². The van der Waals surface area contributed by atoms with E-state index in [9.17, 15) is 25.2 Å². The molecule has 1 saturated heterocycles. The molecule has 5 rings (SSSR count). The van der Waals surface area contributed by atoms with E-state index < -0.39 is 58.0 Å². The Bertz CT molecular complexity index is 816. The highest BCUT2D eigenvalue weighted by Crippen LogP contribution is 2.71. The molecule has 8 heteroatoms. The summed E-state index contributed by atoms with van der Waals surface area (Å²) in [6, 6.07) is 0. The van der Waals surface area contributed by atoms with Crippen molar-refractivity contribution in [1.29, 1.82) is 0 Å². The zero-order chi connectivity index (χ0) is 24.0. The van der Waals surface area contributed by atoms with Crippen molar-refractivity contribution in [3.05, 3.63) is 0 Å². The predicted molar refractivity (Wildman–Crippen MR) is 117 cm³/mol. The monoisotopic (exact) mass is 468 g/mol. The van der Waals surface area contributed by atoms with E-state index in [1.165, 1.54) is 0 Å². The number of aliphatic hydroxyl groups excluding tert-OH is 2. The van der Waals surface area contributed by atoms with Gasteiger partial charge in [-0.05, 0) is 58.8 Å². The van der Waals surface area contributed by atoms with Gasteiger partial charge in [-0.1, -0.05) is 6.92 Å². The first-order chi connectivity index (χ1) is 15.3. The molecule has 1 aliphatic heterocycles. The van der Waals surface area contributed by atoms with Gasteiger partial charge in [-0.15, -0.1) is 0 Å². The van der Waals surface area contributed by atoms with E-state index in [-0.39, 0.29) is 37.9 Å². The van der Waals surface area contributed by atoms with Gasteiger partial charge in [0.15, 0.2) is 5.79 Å². The predicted octanol–water partition coefficient (Wildman–Crippen LogP) is 1.51. The first-order valence-electron chi connectivity index (χ1n) is 12.6. The molecule has 8 nitrogen and oxygen atoms in total. The summed E-state index contributed by atoms with van der Waals surface area (Å²) in [5, 5.41) is 46.6. The Kier molecular flexibility index (Phi) is 5.35. The highest BCUT2D eigenvalue weighted by Gasteiger charge is 2.77. The average Bonchev–Trinajstić information content (AvgIpc) is 2.97. The molecule has 0 aromatic heterocycles. The minimum Gasteiger partial charge on any atom is -0.466 e. The lowest BCUT2D eigenvalue weighted by Gasteiger charge is -2.70. The molecule has 0 amide bonds. The van der Waals surface area contributed by atoms with Gasteiger partial charge in [-0.25, -0.2) is 0 Å². The maximum atomic E-state index is 12.8. The molecule has 0 aromatic carbocycles. The van der Waals surface area contributed by atoms with Gasteiger partial charge in [-0.3, -0.25) is 4.79 Å². The third-order valence-corrected chi connectivity index (χ3v) is 10.3. The fraction of sp³-hybridized carbons (Fsp3) is 0.960. The van der Waals surface area contributed by atoms with Crippen LogP contribution in [0.4, 0.5) is 0 Å². The van der Waals surface area contributed by atoms with Crippen LogP contribution in [0.15, 0.2) is 0 Å². The number of fused-ring (bicyclic) bond motifs is 3. The first-order valence-corrected chi connectivity index (χ1v) is 12.6. The molecule has 0 aromatic rings. The molecule has 0 unspecified atom stereocenters. The van der Waals surface area contributed by atoms with Gasteiger partial charge >= 0.3 is 5.97 Å². The number of esters is 1. The van der Waals surface area contributed by atoms with Crippen molar-refractivity contribution in [1.82, 2.24) is 0 Å². The van der Waals surface area contributed by atoms with Gasteiger partial charge in [0.25, 0.3) is 0 Å². The van der Waals surface area contributed by atoms with E-state index in [0.717, 1.165) is 0 Å². The maximum Gasteiger partial charge on any atom is 0.309 e. The summed E-state index contributed by atoms with van der Waals surface area (Å²) in [7, 11) is 0. The van der Waals surface area contributed by atoms with Crippen molar-refractivity contribution in [2.24, 2.45) is 28.6 Å². The van der Waals surface area contributed by atoms with Crippen molar-refractivity contribution in [3.63, 3.8) is 0 Å². The molecule has 1 spiro atoms. The molecule has 0 bridgehead atoms. The van der Waals surface area contributed by atoms with Gasteiger partial charge in [0, 0.05) is 24.2 Å². The van der Waals surface area contributed by atoms with Gasteiger partial charge in [0.2, 0.25) is 0 Å². The largest absolute Gasteiger partial charge is 0.466 e. The van der Waals surface area contributed by atoms with Crippen LogP contribution in [0.1, 0.15) is 72.6 Å². The fourth-order valence-electron chi connectivity index (χ4n) is 8.89. The zero-order valence-electron chi connectivity index (χ0n) is 20.2. The Morgan fingerprint density at radius 3 is 2.52 bits per heavy atom. The molecule has 1 heterocycles. The average molecular weight is 469 g/mol. The van der Waals surface area contributed by atoms with Crippen molar-refractivity contribution in [3.8, 4) is 0 Å². The Morgan fingerprint density at radius 2 is 1.82 bits per heavy atom. The van der Waals surface area contributed by atoms with Crippen LogP contribution in [-0.2, 0) is 19.0 Å². The number of aliphatic hydroxyl groups is 4. The second-order valence-electron chi connectivity index (χ2n) is 12.1. The Hall–Kier alpha value is -0.770. The van der Waals surface area contributed by atoms with Crippen LogP contribution < -0.4 is 0 Å². The number of hydrogen-bond acceptors (Lipinski definition) is 8.